The summed E-state index contributed by atoms with van der Waals surface area (Å²) in [6.07, 6.45) is 1.55. The largest absolute Gasteiger partial charge is 0.306 e. The minimum atomic E-state index is -0.199. The number of amides is 1. The molecule has 0 spiro atoms. The van der Waals surface area contributed by atoms with Gasteiger partial charge in [-0.2, -0.15) is 5.10 Å². The molecule has 0 aliphatic rings. The third-order valence-corrected chi connectivity index (χ3v) is 3.58. The molecule has 0 atom stereocenters. The summed E-state index contributed by atoms with van der Waals surface area (Å²) in [7, 11) is 1.80. The molecule has 0 unspecified atom stereocenters. The number of hydrogen-bond donors (Lipinski definition) is 1. The van der Waals surface area contributed by atoms with Crippen LogP contribution in [0.15, 0.2) is 22.8 Å². The Kier molecular flexibility index (Phi) is 3.47. The van der Waals surface area contributed by atoms with Crippen LogP contribution in [-0.4, -0.2) is 20.7 Å². The summed E-state index contributed by atoms with van der Waals surface area (Å²) in [5.41, 5.74) is 2.21. The smallest absolute Gasteiger partial charge is 0.260 e. The molecule has 2 aromatic heterocycles. The van der Waals surface area contributed by atoms with E-state index in [4.69, 9.17) is 0 Å². The summed E-state index contributed by atoms with van der Waals surface area (Å²) in [5.74, 6) is 0.332. The van der Waals surface area contributed by atoms with Crippen LogP contribution in [0.2, 0.25) is 0 Å². The van der Waals surface area contributed by atoms with Crippen molar-refractivity contribution in [2.75, 3.05) is 5.32 Å². The molecule has 94 valence electrons. The molecule has 18 heavy (non-hydrogen) atoms. The quantitative estimate of drug-likeness (QED) is 0.927. The maximum Gasteiger partial charge on any atom is 0.260 e. The van der Waals surface area contributed by atoms with Crippen molar-refractivity contribution < 1.29 is 4.79 Å². The summed E-state index contributed by atoms with van der Waals surface area (Å²) < 4.78 is 2.58. The van der Waals surface area contributed by atoms with E-state index in [0.717, 1.165) is 15.9 Å². The van der Waals surface area contributed by atoms with Crippen LogP contribution in [0.4, 0.5) is 5.82 Å². The molecule has 1 N–H and O–H groups in total. The highest BCUT2D eigenvalue weighted by atomic mass is 79.9. The number of nitrogens with one attached hydrogen (secondary N) is 1. The van der Waals surface area contributed by atoms with Gasteiger partial charge in [-0.3, -0.25) is 9.48 Å². The highest BCUT2D eigenvalue weighted by Gasteiger charge is 2.13. The van der Waals surface area contributed by atoms with E-state index in [1.807, 2.05) is 19.9 Å². The molecule has 2 heterocycles. The molecule has 1 amide bonds. The van der Waals surface area contributed by atoms with Gasteiger partial charge in [0.2, 0.25) is 0 Å². The fourth-order valence-electron chi connectivity index (χ4n) is 1.52. The van der Waals surface area contributed by atoms with Crippen molar-refractivity contribution >= 4 is 27.7 Å². The van der Waals surface area contributed by atoms with E-state index in [-0.39, 0.29) is 5.91 Å². The number of pyridine rings is 1. The lowest BCUT2D eigenvalue weighted by atomic mass is 10.2. The second-order valence-corrected chi connectivity index (χ2v) is 4.84. The Labute approximate surface area is 113 Å². The molecule has 6 heteroatoms. The highest BCUT2D eigenvalue weighted by molar-refractivity contribution is 9.10. The first-order valence-electron chi connectivity index (χ1n) is 5.42. The molecule has 0 aliphatic heterocycles. The van der Waals surface area contributed by atoms with Crippen LogP contribution >= 0.6 is 15.9 Å². The average Bonchev–Trinajstić information content (AvgIpc) is 2.65. The number of rotatable bonds is 2. The molecule has 0 bridgehead atoms. The van der Waals surface area contributed by atoms with Crippen molar-refractivity contribution in [1.82, 2.24) is 14.8 Å². The molecule has 0 aliphatic carbocycles. The van der Waals surface area contributed by atoms with Crippen LogP contribution in [0, 0.1) is 13.8 Å². The number of carbonyl (C=O) groups excluding carboxylic acids is 1. The predicted octanol–water partition coefficient (Wildman–Crippen LogP) is 2.45. The number of anilines is 1. The lowest BCUT2D eigenvalue weighted by molar-refractivity contribution is 0.102. The van der Waals surface area contributed by atoms with Crippen LogP contribution < -0.4 is 5.32 Å². The van der Waals surface area contributed by atoms with Gasteiger partial charge in [0, 0.05) is 17.2 Å². The SMILES string of the molecule is Cc1nc(NC(=O)c2cnn(C)c2C)ccc1Br. The Bertz CT molecular complexity index is 606. The van der Waals surface area contributed by atoms with Crippen LogP contribution in [0.1, 0.15) is 21.7 Å². The molecule has 2 rings (SSSR count). The molecule has 2 aromatic rings. The van der Waals surface area contributed by atoms with Crippen molar-refractivity contribution in [2.24, 2.45) is 7.05 Å². The van der Waals surface area contributed by atoms with Crippen molar-refractivity contribution in [3.05, 3.63) is 39.8 Å². The lowest BCUT2D eigenvalue weighted by Crippen LogP contribution is -2.14. The van der Waals surface area contributed by atoms with Gasteiger partial charge in [-0.05, 0) is 41.9 Å². The number of halogens is 1. The van der Waals surface area contributed by atoms with E-state index in [9.17, 15) is 4.79 Å². The van der Waals surface area contributed by atoms with Gasteiger partial charge >= 0.3 is 0 Å². The van der Waals surface area contributed by atoms with Gasteiger partial charge < -0.3 is 5.32 Å². The van der Waals surface area contributed by atoms with E-state index in [0.29, 0.717) is 11.4 Å². The summed E-state index contributed by atoms with van der Waals surface area (Å²) in [4.78, 5) is 16.3. The second-order valence-electron chi connectivity index (χ2n) is 3.99. The number of nitrogens with zero attached hydrogens (tertiary/aromatic N) is 3. The fourth-order valence-corrected chi connectivity index (χ4v) is 1.74. The Morgan fingerprint density at radius 3 is 2.67 bits per heavy atom. The standard InChI is InChI=1S/C12H13BrN4O/c1-7-10(13)4-5-11(15-7)16-12(18)9-6-14-17(3)8(9)2/h4-6H,1-3H3,(H,15,16,18). The minimum Gasteiger partial charge on any atom is -0.306 e. The van der Waals surface area contributed by atoms with Gasteiger partial charge in [0.1, 0.15) is 5.82 Å². The third-order valence-electron chi connectivity index (χ3n) is 2.74. The van der Waals surface area contributed by atoms with Crippen LogP contribution in [0.3, 0.4) is 0 Å². The summed E-state index contributed by atoms with van der Waals surface area (Å²) >= 11 is 3.37. The first-order valence-corrected chi connectivity index (χ1v) is 6.21. The van der Waals surface area contributed by atoms with Crippen molar-refractivity contribution in [3.63, 3.8) is 0 Å². The molecule has 0 fully saturated rings. The van der Waals surface area contributed by atoms with Crippen molar-refractivity contribution in [3.8, 4) is 0 Å². The molecule has 0 saturated carbocycles. The van der Waals surface area contributed by atoms with Crippen molar-refractivity contribution in [2.45, 2.75) is 13.8 Å². The Morgan fingerprint density at radius 1 is 1.39 bits per heavy atom. The third kappa shape index (κ3) is 2.43. The maximum absolute atomic E-state index is 12.0. The lowest BCUT2D eigenvalue weighted by Gasteiger charge is -2.05. The average molecular weight is 309 g/mol. The Hall–Kier alpha value is -1.69. The zero-order valence-electron chi connectivity index (χ0n) is 10.4. The van der Waals surface area contributed by atoms with Crippen LogP contribution in [0.5, 0.6) is 0 Å². The van der Waals surface area contributed by atoms with Gasteiger partial charge in [0.15, 0.2) is 0 Å². The number of hydrogen-bond acceptors (Lipinski definition) is 3. The topological polar surface area (TPSA) is 59.8 Å². The highest BCUT2D eigenvalue weighted by Crippen LogP contribution is 2.17. The number of aromatic nitrogens is 3. The predicted molar refractivity (Wildman–Crippen MR) is 72.6 cm³/mol. The second kappa shape index (κ2) is 4.89. The molecular weight excluding hydrogens is 296 g/mol. The van der Waals surface area contributed by atoms with Crippen LogP contribution in [-0.2, 0) is 7.05 Å². The molecule has 0 aromatic carbocycles. The molecule has 0 radical (unpaired) electrons. The minimum absolute atomic E-state index is 0.199. The van der Waals surface area contributed by atoms with Gasteiger partial charge in [0.25, 0.3) is 5.91 Å². The van der Waals surface area contributed by atoms with E-state index in [2.05, 4.69) is 31.3 Å². The molecule has 5 nitrogen and oxygen atoms in total. The van der Waals surface area contributed by atoms with E-state index in [1.54, 1.807) is 24.0 Å². The zero-order chi connectivity index (χ0) is 13.3. The fraction of sp³-hybridized carbons (Fsp3) is 0.250. The number of carbonyl (C=O) groups is 1. The molecular formula is C12H13BrN4O. The van der Waals surface area contributed by atoms with Gasteiger partial charge in [-0.1, -0.05) is 0 Å². The normalized spacial score (nSPS) is 10.4. The van der Waals surface area contributed by atoms with Gasteiger partial charge in [-0.15, -0.1) is 0 Å². The summed E-state index contributed by atoms with van der Waals surface area (Å²) in [6, 6.07) is 3.61. The first-order chi connectivity index (χ1) is 8.49. The summed E-state index contributed by atoms with van der Waals surface area (Å²) in [5, 5.41) is 6.79. The van der Waals surface area contributed by atoms with Crippen LogP contribution in [0.25, 0.3) is 0 Å². The Balaban J connectivity index is 2.21. The maximum atomic E-state index is 12.0. The van der Waals surface area contributed by atoms with Crippen molar-refractivity contribution in [1.29, 1.82) is 0 Å². The van der Waals surface area contributed by atoms with E-state index < -0.39 is 0 Å². The first kappa shape index (κ1) is 12.8. The number of aryl methyl sites for hydroxylation is 2. The van der Waals surface area contributed by atoms with Gasteiger partial charge in [0.05, 0.1) is 17.5 Å². The zero-order valence-corrected chi connectivity index (χ0v) is 11.9. The van der Waals surface area contributed by atoms with E-state index in [1.165, 1.54) is 0 Å². The Morgan fingerprint density at radius 2 is 2.11 bits per heavy atom. The molecule has 0 saturated heterocycles. The van der Waals surface area contributed by atoms with E-state index >= 15 is 0 Å². The monoisotopic (exact) mass is 308 g/mol. The van der Waals surface area contributed by atoms with Gasteiger partial charge in [-0.25, -0.2) is 4.98 Å². The summed E-state index contributed by atoms with van der Waals surface area (Å²) in [6.45, 7) is 3.72.